The Morgan fingerprint density at radius 2 is 2.35 bits per heavy atom. The van der Waals surface area contributed by atoms with Gasteiger partial charge in [-0.15, -0.1) is 5.10 Å². The van der Waals surface area contributed by atoms with E-state index >= 15 is 0 Å². The molecule has 6 heteroatoms. The second kappa shape index (κ2) is 7.62. The molecule has 1 rings (SSSR count). The number of aryl methyl sites for hydroxylation is 2. The zero-order chi connectivity index (χ0) is 12.7. The molecule has 0 aliphatic heterocycles. The molecule has 0 saturated carbocycles. The molecule has 0 fully saturated rings. The summed E-state index contributed by atoms with van der Waals surface area (Å²) in [7, 11) is 0. The van der Waals surface area contributed by atoms with Crippen molar-refractivity contribution in [2.45, 2.75) is 49.5 Å². The second-order valence-electron chi connectivity index (χ2n) is 4.14. The fourth-order valence-corrected chi connectivity index (χ4v) is 1.96. The van der Waals surface area contributed by atoms with Crippen LogP contribution >= 0.6 is 22.6 Å². The summed E-state index contributed by atoms with van der Waals surface area (Å²) in [4.78, 5) is 10.4. The molecule has 1 N–H and O–H groups in total. The maximum atomic E-state index is 10.4. The lowest BCUT2D eigenvalue weighted by Crippen LogP contribution is -2.01. The van der Waals surface area contributed by atoms with Gasteiger partial charge in [0.15, 0.2) is 0 Å². The van der Waals surface area contributed by atoms with Crippen molar-refractivity contribution in [3.05, 3.63) is 11.9 Å². The fourth-order valence-electron chi connectivity index (χ4n) is 1.52. The minimum atomic E-state index is -0.756. The van der Waals surface area contributed by atoms with Crippen molar-refractivity contribution in [1.82, 2.24) is 15.0 Å². The van der Waals surface area contributed by atoms with Crippen molar-refractivity contribution in [3.8, 4) is 0 Å². The van der Waals surface area contributed by atoms with Crippen LogP contribution in [0.15, 0.2) is 6.20 Å². The highest BCUT2D eigenvalue weighted by Gasteiger charge is 2.03. The zero-order valence-electron chi connectivity index (χ0n) is 9.97. The van der Waals surface area contributed by atoms with Gasteiger partial charge in [-0.25, -0.2) is 0 Å². The number of halogens is 1. The van der Waals surface area contributed by atoms with E-state index in [0.717, 1.165) is 18.7 Å². The van der Waals surface area contributed by atoms with Crippen LogP contribution in [0.4, 0.5) is 0 Å². The molecule has 1 unspecified atom stereocenters. The number of hydrogen-bond donors (Lipinski definition) is 1. The Balaban J connectivity index is 2.25. The molecule has 0 aliphatic rings. The molecule has 0 aromatic carbocycles. The summed E-state index contributed by atoms with van der Waals surface area (Å²) in [5.74, 6) is -0.756. The number of nitrogens with zero attached hydrogens (tertiary/aromatic N) is 3. The summed E-state index contributed by atoms with van der Waals surface area (Å²) < 4.78 is 2.53. The average Bonchev–Trinajstić information content (AvgIpc) is 2.65. The number of rotatable bonds is 8. The first-order chi connectivity index (χ1) is 8.08. The van der Waals surface area contributed by atoms with Crippen LogP contribution in [-0.4, -0.2) is 30.0 Å². The smallest absolute Gasteiger partial charge is 0.303 e. The van der Waals surface area contributed by atoms with E-state index in [2.05, 4.69) is 39.8 Å². The van der Waals surface area contributed by atoms with Crippen LogP contribution in [0.5, 0.6) is 0 Å². The first-order valence-electron chi connectivity index (χ1n) is 5.83. The maximum Gasteiger partial charge on any atom is 0.303 e. The molecule has 96 valence electrons. The molecule has 0 saturated heterocycles. The lowest BCUT2D eigenvalue weighted by molar-refractivity contribution is -0.137. The minimum Gasteiger partial charge on any atom is -0.481 e. The van der Waals surface area contributed by atoms with Crippen molar-refractivity contribution < 1.29 is 9.90 Å². The number of carboxylic acids is 1. The number of aromatic nitrogens is 3. The third-order valence-corrected chi connectivity index (χ3v) is 3.02. The van der Waals surface area contributed by atoms with Crippen molar-refractivity contribution in [2.75, 3.05) is 0 Å². The van der Waals surface area contributed by atoms with Gasteiger partial charge in [0.1, 0.15) is 0 Å². The Hall–Kier alpha value is -0.660. The van der Waals surface area contributed by atoms with Crippen LogP contribution in [-0.2, 0) is 17.8 Å². The number of alkyl halides is 1. The molecule has 0 bridgehead atoms. The summed E-state index contributed by atoms with van der Waals surface area (Å²) in [6.45, 7) is 3.08. The van der Waals surface area contributed by atoms with Crippen LogP contribution in [0.25, 0.3) is 0 Å². The van der Waals surface area contributed by atoms with E-state index in [9.17, 15) is 4.79 Å². The summed E-state index contributed by atoms with van der Waals surface area (Å²) in [5, 5.41) is 16.6. The molecule has 1 aromatic rings. The molecule has 1 aromatic heterocycles. The number of carbonyl (C=O) groups is 1. The standard InChI is InChI=1S/C11H18IN3O2/c1-9(12)4-3-7-15-8-10(13-14-15)5-2-6-11(16)17/h8-9H,2-7H2,1H3,(H,16,17). The average molecular weight is 351 g/mol. The van der Waals surface area contributed by atoms with Gasteiger partial charge in [0.2, 0.25) is 0 Å². The molecule has 1 atom stereocenters. The zero-order valence-corrected chi connectivity index (χ0v) is 12.1. The topological polar surface area (TPSA) is 68.0 Å². The molecule has 17 heavy (non-hydrogen) atoms. The molecular weight excluding hydrogens is 333 g/mol. The quantitative estimate of drug-likeness (QED) is 0.576. The Bertz CT molecular complexity index is 352. The summed E-state index contributed by atoms with van der Waals surface area (Å²) in [6.07, 6.45) is 5.70. The molecule has 0 amide bonds. The number of carboxylic acid groups (broad SMARTS) is 1. The molecule has 1 heterocycles. The molecule has 5 nitrogen and oxygen atoms in total. The predicted octanol–water partition coefficient (Wildman–Crippen LogP) is 2.29. The number of aliphatic carboxylic acids is 1. The third-order valence-electron chi connectivity index (χ3n) is 2.40. The van der Waals surface area contributed by atoms with E-state index in [4.69, 9.17) is 5.11 Å². The van der Waals surface area contributed by atoms with Gasteiger partial charge < -0.3 is 5.11 Å². The Labute approximate surface area is 115 Å². The van der Waals surface area contributed by atoms with Crippen LogP contribution in [0.2, 0.25) is 0 Å². The van der Waals surface area contributed by atoms with Crippen LogP contribution in [0, 0.1) is 0 Å². The molecule has 0 aliphatic carbocycles. The maximum absolute atomic E-state index is 10.4. The van der Waals surface area contributed by atoms with Gasteiger partial charge in [-0.05, 0) is 25.7 Å². The first-order valence-corrected chi connectivity index (χ1v) is 7.07. The van der Waals surface area contributed by atoms with Crippen molar-refractivity contribution in [2.24, 2.45) is 0 Å². The van der Waals surface area contributed by atoms with Crippen molar-refractivity contribution >= 4 is 28.6 Å². The molecule has 0 spiro atoms. The summed E-state index contributed by atoms with van der Waals surface area (Å²) in [6, 6.07) is 0. The molecule has 0 radical (unpaired) electrons. The lowest BCUT2D eigenvalue weighted by Gasteiger charge is -2.02. The Morgan fingerprint density at radius 3 is 3.00 bits per heavy atom. The van der Waals surface area contributed by atoms with Crippen molar-refractivity contribution in [1.29, 1.82) is 0 Å². The van der Waals surface area contributed by atoms with Crippen molar-refractivity contribution in [3.63, 3.8) is 0 Å². The van der Waals surface area contributed by atoms with Crippen LogP contribution in [0.1, 0.15) is 38.3 Å². The first kappa shape index (κ1) is 14.4. The summed E-state index contributed by atoms with van der Waals surface area (Å²) >= 11 is 2.41. The highest BCUT2D eigenvalue weighted by molar-refractivity contribution is 14.1. The third kappa shape index (κ3) is 6.60. The minimum absolute atomic E-state index is 0.194. The number of hydrogen-bond acceptors (Lipinski definition) is 3. The van der Waals surface area contributed by atoms with Crippen LogP contribution < -0.4 is 0 Å². The van der Waals surface area contributed by atoms with E-state index in [1.807, 2.05) is 10.9 Å². The van der Waals surface area contributed by atoms with E-state index < -0.39 is 5.97 Å². The largest absolute Gasteiger partial charge is 0.481 e. The lowest BCUT2D eigenvalue weighted by atomic mass is 10.2. The second-order valence-corrected chi connectivity index (χ2v) is 6.27. The van der Waals surface area contributed by atoms with Gasteiger partial charge in [0.05, 0.1) is 5.69 Å². The monoisotopic (exact) mass is 351 g/mol. The van der Waals surface area contributed by atoms with Crippen LogP contribution in [0.3, 0.4) is 0 Å². The Kier molecular flexibility index (Phi) is 6.46. The van der Waals surface area contributed by atoms with Gasteiger partial charge in [-0.3, -0.25) is 9.48 Å². The van der Waals surface area contributed by atoms with Gasteiger partial charge in [0.25, 0.3) is 0 Å². The van der Waals surface area contributed by atoms with Gasteiger partial charge in [0, 0.05) is 23.1 Å². The van der Waals surface area contributed by atoms with E-state index in [0.29, 0.717) is 16.8 Å². The van der Waals surface area contributed by atoms with E-state index in [1.165, 1.54) is 6.42 Å². The van der Waals surface area contributed by atoms with Gasteiger partial charge >= 0.3 is 5.97 Å². The SMILES string of the molecule is CC(I)CCCn1cc(CCCC(=O)O)nn1. The highest BCUT2D eigenvalue weighted by Crippen LogP contribution is 2.08. The predicted molar refractivity (Wildman–Crippen MR) is 73.3 cm³/mol. The van der Waals surface area contributed by atoms with Gasteiger partial charge in [-0.2, -0.15) is 0 Å². The highest BCUT2D eigenvalue weighted by atomic mass is 127. The fraction of sp³-hybridized carbons (Fsp3) is 0.727. The van der Waals surface area contributed by atoms with E-state index in [-0.39, 0.29) is 6.42 Å². The van der Waals surface area contributed by atoms with E-state index in [1.54, 1.807) is 0 Å². The Morgan fingerprint density at radius 1 is 1.59 bits per heavy atom. The van der Waals surface area contributed by atoms with Gasteiger partial charge in [-0.1, -0.05) is 34.7 Å². The summed E-state index contributed by atoms with van der Waals surface area (Å²) in [5.41, 5.74) is 0.883. The normalized spacial score (nSPS) is 12.6. The molecular formula is C11H18IN3O2.